The molecule has 4 rings (SSSR count). The molecule has 7 nitrogen and oxygen atoms in total. The molecule has 1 atom stereocenters. The smallest absolute Gasteiger partial charge is 0.276 e. The van der Waals surface area contributed by atoms with E-state index in [1.165, 1.54) is 17.8 Å². The van der Waals surface area contributed by atoms with Crippen molar-refractivity contribution >= 4 is 45.0 Å². The lowest BCUT2D eigenvalue weighted by atomic mass is 10.1. The van der Waals surface area contributed by atoms with Gasteiger partial charge in [0, 0.05) is 11.6 Å². The molecular weight excluding hydrogens is 358 g/mol. The molecule has 0 saturated carbocycles. The molecule has 0 aliphatic carbocycles. The topological polar surface area (TPSA) is 83.1 Å². The van der Waals surface area contributed by atoms with Crippen molar-refractivity contribution in [1.29, 1.82) is 0 Å². The molecule has 0 bridgehead atoms. The standard InChI is InChI=1S/C16H11N5O2S2/c22-21(23)12-9-5-4-8-11(12)13-17-15(24)20-16(18-13)25-14(19-20)10-6-2-1-3-7-10/h1-9,13H,(H,17,24)/t13-/m0/s1. The van der Waals surface area contributed by atoms with Crippen LogP contribution in [-0.4, -0.2) is 25.3 Å². The van der Waals surface area contributed by atoms with Gasteiger partial charge >= 0.3 is 0 Å². The van der Waals surface area contributed by atoms with E-state index in [-0.39, 0.29) is 5.69 Å². The summed E-state index contributed by atoms with van der Waals surface area (Å²) in [4.78, 5) is 15.4. The van der Waals surface area contributed by atoms with E-state index in [1.54, 1.807) is 23.2 Å². The Morgan fingerprint density at radius 1 is 1.16 bits per heavy atom. The van der Waals surface area contributed by atoms with E-state index in [4.69, 9.17) is 12.2 Å². The minimum Gasteiger partial charge on any atom is -0.335 e. The first-order valence-electron chi connectivity index (χ1n) is 7.37. The highest BCUT2D eigenvalue weighted by Crippen LogP contribution is 2.33. The average Bonchev–Trinajstić information content (AvgIpc) is 3.07. The molecule has 0 radical (unpaired) electrons. The van der Waals surface area contributed by atoms with Gasteiger partial charge in [0.1, 0.15) is 5.04 Å². The van der Waals surface area contributed by atoms with Crippen molar-refractivity contribution < 1.29 is 4.92 Å². The lowest BCUT2D eigenvalue weighted by Crippen LogP contribution is -2.43. The second kappa shape index (κ2) is 6.26. The maximum Gasteiger partial charge on any atom is 0.276 e. The number of benzene rings is 2. The van der Waals surface area contributed by atoms with Gasteiger partial charge in [-0.15, -0.1) is 0 Å². The van der Waals surface area contributed by atoms with E-state index in [9.17, 15) is 10.1 Å². The van der Waals surface area contributed by atoms with E-state index in [0.29, 0.717) is 15.8 Å². The summed E-state index contributed by atoms with van der Waals surface area (Å²) in [6, 6.07) is 16.2. The normalized spacial score (nSPS) is 19.0. The fraction of sp³-hybridized carbons (Fsp3) is 0.0625. The van der Waals surface area contributed by atoms with Crippen molar-refractivity contribution in [3.63, 3.8) is 0 Å². The van der Waals surface area contributed by atoms with Crippen molar-refractivity contribution in [3.05, 3.63) is 75.8 Å². The summed E-state index contributed by atoms with van der Waals surface area (Å²) in [6.07, 6.45) is -0.613. The lowest BCUT2D eigenvalue weighted by molar-refractivity contribution is -0.385. The molecule has 2 aromatic rings. The highest BCUT2D eigenvalue weighted by atomic mass is 32.2. The van der Waals surface area contributed by atoms with Gasteiger partial charge in [0.15, 0.2) is 16.4 Å². The molecule has 2 aromatic carbocycles. The number of hydrazone groups is 1. The molecule has 0 amide bonds. The van der Waals surface area contributed by atoms with Crippen LogP contribution in [0.4, 0.5) is 5.69 Å². The molecule has 1 N–H and O–H groups in total. The molecule has 0 saturated heterocycles. The van der Waals surface area contributed by atoms with Crippen LogP contribution in [0, 0.1) is 10.1 Å². The molecule has 2 heterocycles. The van der Waals surface area contributed by atoms with Crippen molar-refractivity contribution in [2.75, 3.05) is 0 Å². The second-order valence-electron chi connectivity index (χ2n) is 5.26. The number of nitro benzene ring substituents is 1. The van der Waals surface area contributed by atoms with Crippen LogP contribution in [-0.2, 0) is 0 Å². The first-order valence-corrected chi connectivity index (χ1v) is 8.59. The van der Waals surface area contributed by atoms with Gasteiger partial charge < -0.3 is 5.32 Å². The van der Waals surface area contributed by atoms with Gasteiger partial charge in [-0.05, 0) is 30.0 Å². The predicted molar refractivity (Wildman–Crippen MR) is 101 cm³/mol. The molecule has 124 valence electrons. The summed E-state index contributed by atoms with van der Waals surface area (Å²) in [6.45, 7) is 0. The van der Waals surface area contributed by atoms with E-state index < -0.39 is 11.1 Å². The summed E-state index contributed by atoms with van der Waals surface area (Å²) in [5.41, 5.74) is 1.44. The second-order valence-corrected chi connectivity index (χ2v) is 6.61. The quantitative estimate of drug-likeness (QED) is 0.508. The average molecular weight is 369 g/mol. The number of nitrogens with one attached hydrogen (secondary N) is 1. The SMILES string of the molecule is O=[N+]([O-])c1ccccc1[C@@H]1N=C2SC(c3ccccc3)=NN2C(=S)N1. The number of hydrogen-bond donors (Lipinski definition) is 1. The summed E-state index contributed by atoms with van der Waals surface area (Å²) < 4.78 is 0. The molecule has 0 unspecified atom stereocenters. The number of thioether (sulfide) groups is 1. The van der Waals surface area contributed by atoms with Crippen molar-refractivity contribution in [1.82, 2.24) is 10.3 Å². The van der Waals surface area contributed by atoms with Crippen LogP contribution in [0.2, 0.25) is 0 Å². The minimum absolute atomic E-state index is 0.00722. The van der Waals surface area contributed by atoms with E-state index in [1.807, 2.05) is 30.3 Å². The third-order valence-corrected chi connectivity index (χ3v) is 4.96. The number of para-hydroxylation sites is 1. The van der Waals surface area contributed by atoms with Crippen molar-refractivity contribution in [2.24, 2.45) is 10.1 Å². The highest BCUT2D eigenvalue weighted by Gasteiger charge is 2.35. The number of hydrogen-bond acceptors (Lipinski definition) is 6. The van der Waals surface area contributed by atoms with Gasteiger partial charge in [-0.2, -0.15) is 10.1 Å². The first-order chi connectivity index (χ1) is 12.1. The maximum atomic E-state index is 11.3. The summed E-state index contributed by atoms with van der Waals surface area (Å²) in [5, 5.41) is 22.1. The lowest BCUT2D eigenvalue weighted by Gasteiger charge is -2.26. The molecule has 0 spiro atoms. The number of rotatable bonds is 3. The summed E-state index contributed by atoms with van der Waals surface area (Å²) >= 11 is 6.77. The van der Waals surface area contributed by atoms with Crippen LogP contribution in [0.25, 0.3) is 0 Å². The first kappa shape index (κ1) is 15.7. The Morgan fingerprint density at radius 2 is 1.88 bits per heavy atom. The summed E-state index contributed by atoms with van der Waals surface area (Å²) in [5.74, 6) is 0. The minimum atomic E-state index is -0.613. The number of nitrogens with zero attached hydrogens (tertiary/aromatic N) is 4. The van der Waals surface area contributed by atoms with Crippen molar-refractivity contribution in [2.45, 2.75) is 6.17 Å². The van der Waals surface area contributed by atoms with Crippen LogP contribution in [0.3, 0.4) is 0 Å². The monoisotopic (exact) mass is 369 g/mol. The Bertz CT molecular complexity index is 929. The third kappa shape index (κ3) is 2.87. The molecule has 0 fully saturated rings. The van der Waals surface area contributed by atoms with Gasteiger partial charge in [0.05, 0.1) is 10.5 Å². The highest BCUT2D eigenvalue weighted by molar-refractivity contribution is 8.27. The van der Waals surface area contributed by atoms with Crippen LogP contribution in [0.15, 0.2) is 64.7 Å². The van der Waals surface area contributed by atoms with E-state index >= 15 is 0 Å². The molecule has 2 aliphatic heterocycles. The zero-order valence-corrected chi connectivity index (χ0v) is 14.3. The van der Waals surface area contributed by atoms with Gasteiger partial charge in [-0.1, -0.05) is 42.5 Å². The predicted octanol–water partition coefficient (Wildman–Crippen LogP) is 3.25. The summed E-state index contributed by atoms with van der Waals surface area (Å²) in [7, 11) is 0. The molecule has 25 heavy (non-hydrogen) atoms. The molecule has 2 aliphatic rings. The van der Waals surface area contributed by atoms with Gasteiger partial charge in [-0.3, -0.25) is 10.1 Å². The van der Waals surface area contributed by atoms with Gasteiger partial charge in [-0.25, -0.2) is 4.99 Å². The van der Waals surface area contributed by atoms with Crippen LogP contribution < -0.4 is 5.32 Å². The number of amidine groups is 1. The Balaban J connectivity index is 1.69. The zero-order chi connectivity index (χ0) is 17.4. The number of nitro groups is 1. The van der Waals surface area contributed by atoms with Crippen LogP contribution in [0.1, 0.15) is 17.3 Å². The fourth-order valence-corrected chi connectivity index (χ4v) is 3.77. The molecule has 9 heteroatoms. The van der Waals surface area contributed by atoms with Gasteiger partial charge in [0.25, 0.3) is 5.69 Å². The van der Waals surface area contributed by atoms with Crippen molar-refractivity contribution in [3.8, 4) is 0 Å². The van der Waals surface area contributed by atoms with E-state index in [2.05, 4.69) is 15.4 Å². The van der Waals surface area contributed by atoms with Gasteiger partial charge in [0.2, 0.25) is 0 Å². The number of fused-ring (bicyclic) bond motifs is 1. The molecular formula is C16H11N5O2S2. The largest absolute Gasteiger partial charge is 0.335 e. The Morgan fingerprint density at radius 3 is 2.64 bits per heavy atom. The van der Waals surface area contributed by atoms with Crippen LogP contribution >= 0.6 is 24.0 Å². The maximum absolute atomic E-state index is 11.3. The zero-order valence-electron chi connectivity index (χ0n) is 12.7. The van der Waals surface area contributed by atoms with E-state index in [0.717, 1.165) is 10.6 Å². The Labute approximate surface area is 152 Å². The fourth-order valence-electron chi connectivity index (χ4n) is 2.55. The molecule has 0 aromatic heterocycles. The number of thiocarbonyl (C=S) groups is 1. The third-order valence-electron chi connectivity index (χ3n) is 3.70. The number of aliphatic imine (C=N–C) groups is 1. The Kier molecular flexibility index (Phi) is 3.94. The Hall–Kier alpha value is -2.78. The van der Waals surface area contributed by atoms with Crippen LogP contribution in [0.5, 0.6) is 0 Å².